The fraction of sp³-hybridized carbons (Fsp3) is 0.0312. The maximum atomic E-state index is 18.0. The van der Waals surface area contributed by atoms with Gasteiger partial charge in [-0.05, 0) is 358 Å². The third-order valence-electron chi connectivity index (χ3n) is 28.2. The number of rotatable bonds is 12. The summed E-state index contributed by atoms with van der Waals surface area (Å²) in [6.45, 7) is 8.53. The highest BCUT2D eigenvalue weighted by molar-refractivity contribution is 6.15. The number of nitrogens with one attached hydrogen (secondary N) is 2. The molecular formula is C128H82F4N4. The summed E-state index contributed by atoms with van der Waals surface area (Å²) in [5.41, 5.74) is 25.9. The minimum Gasteiger partial charge on any atom is -0.355 e. The van der Waals surface area contributed by atoms with Gasteiger partial charge in [0, 0.05) is 55.5 Å². The van der Waals surface area contributed by atoms with E-state index in [0.717, 1.165) is 197 Å². The predicted octanol–water partition coefficient (Wildman–Crippen LogP) is 35.3. The minimum atomic E-state index is -0.417. The molecule has 0 spiro atoms. The minimum absolute atomic E-state index is 0.415. The maximum absolute atomic E-state index is 18.0. The quantitative estimate of drug-likeness (QED) is 0.120. The molecule has 2 aliphatic heterocycles. The Kier molecular flexibility index (Phi) is 19.2. The standard InChI is InChI=1S/C128H82F4N4/c1-73-113-69-118-122(126-107(95-47-39-79-23-7-15-31-87(79)55-95)63-102(130)64-108(126)96-48-40-80-24-8-16-32-88(80)56-96)75(3)115(134-118)71-120-124(128-111(99-51-43-83-27-11-19-35-91(83)59-99)67-104(132)68-112(128)100-52-44-84-28-12-20-36-92(84)60-100)76(4)116(136-120)72-119-123(127-109(97-49-41-81-25-9-17-33-89(81)57-97)65-103(131)66-110(127)98-50-42-82-26-10-18-34-90(82)58-98)74(2)114(135-119)70-117(133-113)121(73)125-105(93-45-37-77-21-5-13-29-85(77)53-93)61-101(129)62-106(125)94-46-38-78-22-6-14-30-86(78)54-94/h5-72,133,136H,1-4H3. The van der Waals surface area contributed by atoms with Crippen molar-refractivity contribution in [2.45, 2.75) is 27.7 Å². The van der Waals surface area contributed by atoms with Crippen LogP contribution >= 0.6 is 0 Å². The van der Waals surface area contributed by atoms with Crippen molar-refractivity contribution in [1.29, 1.82) is 0 Å². The number of nitrogens with zero attached hydrogens (tertiary/aromatic N) is 2. The molecule has 23 aromatic rings. The first-order chi connectivity index (χ1) is 66.6. The Hall–Kier alpha value is -17.2. The van der Waals surface area contributed by atoms with E-state index in [2.05, 4.69) is 305 Å². The van der Waals surface area contributed by atoms with E-state index in [1.807, 2.05) is 97.1 Å². The Labute approximate surface area is 782 Å². The number of aryl methyl sites for hydroxylation is 2. The van der Waals surface area contributed by atoms with Gasteiger partial charge in [0.1, 0.15) is 23.3 Å². The molecule has 8 heteroatoms. The average Bonchev–Trinajstić information content (AvgIpc) is 1.58. The molecule has 0 radical (unpaired) electrons. The zero-order chi connectivity index (χ0) is 91.2. The van der Waals surface area contributed by atoms with Crippen LogP contribution in [0.1, 0.15) is 58.9 Å². The fourth-order valence-corrected chi connectivity index (χ4v) is 21.5. The van der Waals surface area contributed by atoms with Crippen molar-refractivity contribution >= 4 is 131 Å². The lowest BCUT2D eigenvalue weighted by Crippen LogP contribution is -1.98. The molecule has 642 valence electrons. The molecule has 25 rings (SSSR count). The van der Waals surface area contributed by atoms with E-state index >= 15 is 17.6 Å². The van der Waals surface area contributed by atoms with Gasteiger partial charge in [0.15, 0.2) is 0 Å². The molecule has 20 aromatic carbocycles. The SMILES string of the molecule is CC1=C(c2c(-c3ccc4ccccc4c3)cc(F)cc2-c2ccc3ccccc3c2)c2cc3[nH]c(cc4nc(cc5[nH]c(cc1n2)c(-c1c(-c2ccc6ccccc6c2)cc(F)cc1-c1ccc2ccccc2c1)c5C)C(c1c(-c2ccc5ccccc5c2)cc(F)cc1-c1ccc2ccccc2c1)=C4C)c(-c1c(-c2ccc4ccccc4c2)cc(F)cc1-c1ccc2ccccc2c1)c3C. The highest BCUT2D eigenvalue weighted by Gasteiger charge is 2.33. The first-order valence-electron chi connectivity index (χ1n) is 46.1. The summed E-state index contributed by atoms with van der Waals surface area (Å²) in [4.78, 5) is 20.5. The van der Waals surface area contributed by atoms with Gasteiger partial charge in [0.05, 0.1) is 22.8 Å². The zero-order valence-corrected chi connectivity index (χ0v) is 74.7. The van der Waals surface area contributed by atoms with E-state index in [1.54, 1.807) is 48.5 Å². The van der Waals surface area contributed by atoms with Crippen molar-refractivity contribution < 1.29 is 17.6 Å². The predicted molar refractivity (Wildman–Crippen MR) is 561 cm³/mol. The lowest BCUT2D eigenvalue weighted by atomic mass is 9.83. The van der Waals surface area contributed by atoms with Crippen molar-refractivity contribution in [1.82, 2.24) is 19.9 Å². The molecule has 0 saturated heterocycles. The van der Waals surface area contributed by atoms with Gasteiger partial charge in [-0.1, -0.05) is 291 Å². The number of aromatic nitrogens is 4. The summed E-state index contributed by atoms with van der Waals surface area (Å²) in [7, 11) is 0. The second-order valence-electron chi connectivity index (χ2n) is 36.2. The van der Waals surface area contributed by atoms with Gasteiger partial charge >= 0.3 is 0 Å². The molecule has 5 heterocycles. The number of halogens is 4. The molecule has 0 saturated carbocycles. The smallest absolute Gasteiger partial charge is 0.124 e. The van der Waals surface area contributed by atoms with Crippen LogP contribution in [-0.4, -0.2) is 19.9 Å². The highest BCUT2D eigenvalue weighted by atomic mass is 19.1. The Morgan fingerprint density at radius 1 is 0.169 bits per heavy atom. The van der Waals surface area contributed by atoms with Crippen LogP contribution in [-0.2, 0) is 0 Å². The number of H-pyrrole nitrogens is 2. The molecule has 0 atom stereocenters. The van der Waals surface area contributed by atoms with Crippen molar-refractivity contribution in [3.63, 3.8) is 0 Å². The number of aromatic amines is 2. The molecule has 4 nitrogen and oxygen atoms in total. The maximum Gasteiger partial charge on any atom is 0.124 e. The van der Waals surface area contributed by atoms with E-state index in [-0.39, 0.29) is 0 Å². The molecule has 2 N–H and O–H groups in total. The van der Waals surface area contributed by atoms with E-state index < -0.39 is 23.3 Å². The van der Waals surface area contributed by atoms with Crippen LogP contribution in [0.4, 0.5) is 17.6 Å². The van der Waals surface area contributed by atoms with Crippen molar-refractivity contribution in [2.24, 2.45) is 0 Å². The summed E-state index contributed by atoms with van der Waals surface area (Å²) >= 11 is 0. The monoisotopic (exact) mass is 1750 g/mol. The van der Waals surface area contributed by atoms with Crippen LogP contribution in [0, 0.1) is 37.1 Å². The Bertz CT molecular complexity index is 8430. The number of benzene rings is 20. The van der Waals surface area contributed by atoms with E-state index in [9.17, 15) is 0 Å². The van der Waals surface area contributed by atoms with E-state index in [4.69, 9.17) is 9.97 Å². The van der Waals surface area contributed by atoms with Gasteiger partial charge in [0.2, 0.25) is 0 Å². The van der Waals surface area contributed by atoms with Crippen molar-refractivity contribution in [2.75, 3.05) is 0 Å². The molecule has 136 heavy (non-hydrogen) atoms. The van der Waals surface area contributed by atoms with Crippen molar-refractivity contribution in [3.8, 4) is 111 Å². The second kappa shape index (κ2) is 32.4. The van der Waals surface area contributed by atoms with E-state index in [0.29, 0.717) is 89.4 Å². The Morgan fingerprint density at radius 3 is 0.544 bits per heavy atom. The van der Waals surface area contributed by atoms with Crippen LogP contribution in [0.3, 0.4) is 0 Å². The molecule has 8 bridgehead atoms. The average molecular weight is 1750 g/mol. The first kappa shape index (κ1) is 80.8. The van der Waals surface area contributed by atoms with Crippen LogP contribution < -0.4 is 0 Å². The molecular weight excluding hydrogens is 1670 g/mol. The van der Waals surface area contributed by atoms with Crippen LogP contribution in [0.5, 0.6) is 0 Å². The molecule has 3 aromatic heterocycles. The lowest BCUT2D eigenvalue weighted by Gasteiger charge is -2.19. The van der Waals surface area contributed by atoms with Gasteiger partial charge in [-0.25, -0.2) is 27.5 Å². The summed E-state index contributed by atoms with van der Waals surface area (Å²) in [6.07, 6.45) is 0. The molecule has 0 unspecified atom stereocenters. The zero-order valence-electron chi connectivity index (χ0n) is 74.7. The van der Waals surface area contributed by atoms with Crippen LogP contribution in [0.2, 0.25) is 0 Å². The van der Waals surface area contributed by atoms with Gasteiger partial charge < -0.3 is 9.97 Å². The Balaban J connectivity index is 0.868. The topological polar surface area (TPSA) is 57.4 Å². The molecule has 2 aliphatic rings. The Morgan fingerprint density at radius 2 is 0.346 bits per heavy atom. The third kappa shape index (κ3) is 14.0. The molecule has 0 aliphatic carbocycles. The number of hydrogen-bond acceptors (Lipinski definition) is 2. The largest absolute Gasteiger partial charge is 0.355 e. The summed E-state index contributed by atoms with van der Waals surface area (Å²) in [6, 6.07) is 139. The molecule has 0 amide bonds. The van der Waals surface area contributed by atoms with Crippen LogP contribution in [0.25, 0.3) is 242 Å². The van der Waals surface area contributed by atoms with E-state index in [1.165, 1.54) is 0 Å². The second-order valence-corrected chi connectivity index (χ2v) is 36.2. The van der Waals surface area contributed by atoms with Crippen LogP contribution in [0.15, 0.2) is 413 Å². The highest BCUT2D eigenvalue weighted by Crippen LogP contribution is 2.54. The van der Waals surface area contributed by atoms with Gasteiger partial charge in [-0.3, -0.25) is 0 Å². The summed E-state index contributed by atoms with van der Waals surface area (Å²) in [5.74, 6) is -1.66. The van der Waals surface area contributed by atoms with Gasteiger partial charge in [-0.2, -0.15) is 0 Å². The van der Waals surface area contributed by atoms with Crippen molar-refractivity contribution in [3.05, 3.63) is 481 Å². The van der Waals surface area contributed by atoms with Gasteiger partial charge in [-0.15, -0.1) is 0 Å². The number of allylic oxidation sites excluding steroid dienone is 2. The first-order valence-corrected chi connectivity index (χ1v) is 46.1. The fourth-order valence-electron chi connectivity index (χ4n) is 21.5. The molecule has 0 fully saturated rings. The summed E-state index contributed by atoms with van der Waals surface area (Å²) < 4.78 is 71.9. The van der Waals surface area contributed by atoms with Gasteiger partial charge in [0.25, 0.3) is 0 Å². The summed E-state index contributed by atoms with van der Waals surface area (Å²) in [5, 5.41) is 16.2. The number of hydrogen-bond donors (Lipinski definition) is 2. The normalized spacial score (nSPS) is 12.4. The number of fused-ring (bicyclic) bond motifs is 16. The lowest BCUT2D eigenvalue weighted by molar-refractivity contribution is 0.628. The third-order valence-corrected chi connectivity index (χ3v) is 28.2.